The molecule has 1 fully saturated rings. The van der Waals surface area contributed by atoms with Crippen molar-refractivity contribution in [3.05, 3.63) is 0 Å². The second-order valence-corrected chi connectivity index (χ2v) is 6.99. The molecule has 1 saturated heterocycles. The van der Waals surface area contributed by atoms with Crippen LogP contribution in [0.2, 0.25) is 0 Å². The molecule has 0 bridgehead atoms. The van der Waals surface area contributed by atoms with Crippen LogP contribution in [0.1, 0.15) is 33.6 Å². The Bertz CT molecular complexity index is 374. The Morgan fingerprint density at radius 3 is 2.24 bits per heavy atom. The van der Waals surface area contributed by atoms with Crippen molar-refractivity contribution in [2.75, 3.05) is 6.54 Å². The summed E-state index contributed by atoms with van der Waals surface area (Å²) < 4.78 is -1.27. The Hall–Kier alpha value is -0.660. The van der Waals surface area contributed by atoms with E-state index < -0.39 is 26.6 Å². The van der Waals surface area contributed by atoms with E-state index in [1.165, 1.54) is 4.90 Å². The van der Waals surface area contributed by atoms with E-state index in [1.807, 2.05) is 0 Å². The van der Waals surface area contributed by atoms with Gasteiger partial charge in [0.1, 0.15) is 0 Å². The molecular formula is C11H16INO4. The van der Waals surface area contributed by atoms with Crippen molar-refractivity contribution >= 4 is 40.3 Å². The van der Waals surface area contributed by atoms with Crippen LogP contribution in [0, 0.1) is 5.41 Å². The normalized spacial score (nSPS) is 24.8. The number of halogens is 1. The van der Waals surface area contributed by atoms with Crippen molar-refractivity contribution in [2.24, 2.45) is 5.41 Å². The second kappa shape index (κ2) is 4.55. The van der Waals surface area contributed by atoms with Crippen molar-refractivity contribution in [1.29, 1.82) is 0 Å². The zero-order valence-electron chi connectivity index (χ0n) is 10.1. The van der Waals surface area contributed by atoms with E-state index in [4.69, 9.17) is 5.11 Å². The van der Waals surface area contributed by atoms with E-state index >= 15 is 0 Å². The van der Waals surface area contributed by atoms with Gasteiger partial charge in [-0.1, -0.05) is 20.8 Å². The molecule has 0 aromatic heterocycles. The Morgan fingerprint density at radius 2 is 1.82 bits per heavy atom. The number of hydrogen-bond acceptors (Lipinski definition) is 3. The van der Waals surface area contributed by atoms with E-state index in [1.54, 1.807) is 43.4 Å². The van der Waals surface area contributed by atoms with Crippen LogP contribution in [0.15, 0.2) is 0 Å². The zero-order valence-corrected chi connectivity index (χ0v) is 12.3. The van der Waals surface area contributed by atoms with Crippen LogP contribution in [0.3, 0.4) is 0 Å². The summed E-state index contributed by atoms with van der Waals surface area (Å²) in [7, 11) is 0. The molecule has 1 N–H and O–H groups in total. The average Bonchev–Trinajstić information content (AvgIpc) is 2.58. The minimum Gasteiger partial charge on any atom is -0.479 e. The summed E-state index contributed by atoms with van der Waals surface area (Å²) in [6.07, 6.45) is 0.991. The van der Waals surface area contributed by atoms with Crippen LogP contribution < -0.4 is 0 Å². The first-order valence-electron chi connectivity index (χ1n) is 5.39. The Morgan fingerprint density at radius 1 is 1.29 bits per heavy atom. The molecule has 17 heavy (non-hydrogen) atoms. The van der Waals surface area contributed by atoms with Crippen molar-refractivity contribution in [1.82, 2.24) is 4.90 Å². The Kier molecular flexibility index (Phi) is 3.85. The molecule has 1 heterocycles. The molecule has 6 heteroatoms. The molecule has 0 aromatic rings. The highest BCUT2D eigenvalue weighted by atomic mass is 127. The molecule has 96 valence electrons. The molecule has 0 unspecified atom stereocenters. The minimum absolute atomic E-state index is 0.329. The third-order valence-electron chi connectivity index (χ3n) is 2.77. The van der Waals surface area contributed by atoms with Crippen molar-refractivity contribution in [2.45, 2.75) is 37.2 Å². The highest BCUT2D eigenvalue weighted by Gasteiger charge is 2.50. The van der Waals surface area contributed by atoms with Crippen molar-refractivity contribution in [3.63, 3.8) is 0 Å². The summed E-state index contributed by atoms with van der Waals surface area (Å²) in [6.45, 7) is 5.28. The lowest BCUT2D eigenvalue weighted by atomic mass is 9.90. The number of likely N-dealkylation sites (tertiary alicyclic amines) is 1. The molecule has 1 atom stereocenters. The van der Waals surface area contributed by atoms with Crippen LogP contribution in [0.5, 0.6) is 0 Å². The first-order chi connectivity index (χ1) is 7.60. The summed E-state index contributed by atoms with van der Waals surface area (Å²) in [4.78, 5) is 36.3. The van der Waals surface area contributed by atoms with Gasteiger partial charge in [0.2, 0.25) is 5.78 Å². The summed E-state index contributed by atoms with van der Waals surface area (Å²) in [5, 5.41) is 9.16. The molecule has 1 aliphatic heterocycles. The molecule has 1 amide bonds. The maximum absolute atomic E-state index is 12.0. The van der Waals surface area contributed by atoms with Crippen LogP contribution in [-0.2, 0) is 14.4 Å². The second-order valence-electron chi connectivity index (χ2n) is 5.20. The Labute approximate surface area is 114 Å². The smallest absolute Gasteiger partial charge is 0.340 e. The number of nitrogens with zero attached hydrogens (tertiary/aromatic N) is 1. The van der Waals surface area contributed by atoms with Gasteiger partial charge in [0, 0.05) is 12.0 Å². The predicted molar refractivity (Wildman–Crippen MR) is 69.8 cm³/mol. The van der Waals surface area contributed by atoms with E-state index in [2.05, 4.69) is 0 Å². The fraction of sp³-hybridized carbons (Fsp3) is 0.727. The number of carbonyl (C=O) groups is 3. The molecule has 1 rings (SSSR count). The number of alkyl halides is 1. The topological polar surface area (TPSA) is 74.7 Å². The van der Waals surface area contributed by atoms with Gasteiger partial charge in [0.25, 0.3) is 5.91 Å². The highest BCUT2D eigenvalue weighted by Crippen LogP contribution is 2.37. The molecule has 0 saturated carbocycles. The van der Waals surface area contributed by atoms with Gasteiger partial charge in [-0.3, -0.25) is 9.59 Å². The summed E-state index contributed by atoms with van der Waals surface area (Å²) in [5.74, 6) is -2.29. The van der Waals surface area contributed by atoms with Crippen molar-refractivity contribution < 1.29 is 19.5 Å². The summed E-state index contributed by atoms with van der Waals surface area (Å²) >= 11 is 1.75. The van der Waals surface area contributed by atoms with Gasteiger partial charge in [-0.15, -0.1) is 0 Å². The van der Waals surface area contributed by atoms with Gasteiger partial charge in [-0.2, -0.15) is 0 Å². The standard InChI is InChI=1S/C11H16INO4/c1-10(2,3)7(14)8(15)13-6-4-5-11(13,12)9(16)17/h4-6H2,1-3H3,(H,16,17)/t11-/m1/s1. The predicted octanol–water partition coefficient (Wildman–Crippen LogP) is 1.44. The minimum atomic E-state index is -1.27. The summed E-state index contributed by atoms with van der Waals surface area (Å²) in [6, 6.07) is 0. The van der Waals surface area contributed by atoms with Crippen molar-refractivity contribution in [3.8, 4) is 0 Å². The van der Waals surface area contributed by atoms with Gasteiger partial charge in [0.15, 0.2) is 3.55 Å². The number of hydrogen-bond donors (Lipinski definition) is 1. The van der Waals surface area contributed by atoms with E-state index in [0.717, 1.165) is 0 Å². The fourth-order valence-electron chi connectivity index (χ4n) is 1.71. The maximum Gasteiger partial charge on any atom is 0.340 e. The number of aliphatic carboxylic acids is 1. The summed E-state index contributed by atoms with van der Waals surface area (Å²) in [5.41, 5.74) is -0.782. The number of carbonyl (C=O) groups excluding carboxylic acids is 2. The van der Waals surface area contributed by atoms with E-state index in [-0.39, 0.29) is 0 Å². The molecule has 5 nitrogen and oxygen atoms in total. The molecule has 0 aliphatic carbocycles. The van der Waals surface area contributed by atoms with Gasteiger partial charge in [-0.05, 0) is 35.4 Å². The third kappa shape index (κ3) is 2.61. The van der Waals surface area contributed by atoms with E-state index in [0.29, 0.717) is 19.4 Å². The monoisotopic (exact) mass is 353 g/mol. The number of ketones is 1. The largest absolute Gasteiger partial charge is 0.479 e. The molecular weight excluding hydrogens is 337 g/mol. The molecule has 0 aromatic carbocycles. The number of carboxylic acid groups (broad SMARTS) is 1. The molecule has 0 spiro atoms. The number of rotatable bonds is 2. The van der Waals surface area contributed by atoms with Gasteiger partial charge >= 0.3 is 5.97 Å². The lowest BCUT2D eigenvalue weighted by Crippen LogP contribution is -2.52. The lowest BCUT2D eigenvalue weighted by Gasteiger charge is -2.30. The first kappa shape index (κ1) is 14.4. The number of Topliss-reactive ketones (excluding diaryl/α,β-unsaturated/α-hetero) is 1. The average molecular weight is 353 g/mol. The van der Waals surface area contributed by atoms with E-state index in [9.17, 15) is 14.4 Å². The zero-order chi connectivity index (χ0) is 13.4. The van der Waals surface area contributed by atoms with Gasteiger partial charge in [-0.25, -0.2) is 4.79 Å². The van der Waals surface area contributed by atoms with Crippen LogP contribution in [0.4, 0.5) is 0 Å². The van der Waals surface area contributed by atoms with Crippen LogP contribution in [-0.4, -0.2) is 37.8 Å². The molecule has 1 aliphatic rings. The number of amides is 1. The first-order valence-corrected chi connectivity index (χ1v) is 6.47. The molecule has 0 radical (unpaired) electrons. The van der Waals surface area contributed by atoms with Crippen LogP contribution in [0.25, 0.3) is 0 Å². The SMILES string of the molecule is CC(C)(C)C(=O)C(=O)N1CCC[C@]1(I)C(=O)O. The lowest BCUT2D eigenvalue weighted by molar-refractivity contribution is -0.155. The Balaban J connectivity index is 2.98. The highest BCUT2D eigenvalue weighted by molar-refractivity contribution is 14.1. The maximum atomic E-state index is 12.0. The van der Waals surface area contributed by atoms with Gasteiger partial charge in [0.05, 0.1) is 0 Å². The van der Waals surface area contributed by atoms with Crippen LogP contribution >= 0.6 is 22.6 Å². The quantitative estimate of drug-likeness (QED) is 0.353. The number of carboxylic acids is 1. The fourth-order valence-corrected chi connectivity index (χ4v) is 2.55. The van der Waals surface area contributed by atoms with Gasteiger partial charge < -0.3 is 10.0 Å². The third-order valence-corrected chi connectivity index (χ3v) is 4.35.